The van der Waals surface area contributed by atoms with Gasteiger partial charge >= 0.3 is 0 Å². The molecule has 0 bridgehead atoms. The zero-order valence-electron chi connectivity index (χ0n) is 17.1. The summed E-state index contributed by atoms with van der Waals surface area (Å²) < 4.78 is 0. The number of nitro groups is 1. The lowest BCUT2D eigenvalue weighted by molar-refractivity contribution is -0.433. The predicted octanol–water partition coefficient (Wildman–Crippen LogP) is 2.16. The van der Waals surface area contributed by atoms with Crippen molar-refractivity contribution < 1.29 is 4.92 Å². The maximum atomic E-state index is 11.9. The number of aromatic nitrogens is 1. The molecule has 0 aliphatic carbocycles. The highest BCUT2D eigenvalue weighted by Gasteiger charge is 2.40. The molecule has 8 nitrogen and oxygen atoms in total. The van der Waals surface area contributed by atoms with E-state index >= 15 is 0 Å². The monoisotopic (exact) mass is 408 g/mol. The number of hydrogen-bond donors (Lipinski definition) is 0. The second kappa shape index (κ2) is 8.23. The summed E-state index contributed by atoms with van der Waals surface area (Å²) in [7, 11) is 4.12. The first-order chi connectivity index (χ1) is 13.1. The van der Waals surface area contributed by atoms with Crippen LogP contribution in [0.5, 0.6) is 0 Å². The third-order valence-electron chi connectivity index (χ3n) is 5.02. The van der Waals surface area contributed by atoms with E-state index < -0.39 is 0 Å². The standard InChI is InChI=1S/C19H29ClN6O2/c1-19(2,12-22(3)4)13-23-11-16(26(27)28)18-24(7-8-25(18)14-23)10-15-5-6-17(20)21-9-15/h5-6,9H,7-8,10-14H2,1-4H3. The van der Waals surface area contributed by atoms with Crippen LogP contribution in [0.3, 0.4) is 0 Å². The zero-order chi connectivity index (χ0) is 20.5. The lowest BCUT2D eigenvalue weighted by atomic mass is 9.92. The lowest BCUT2D eigenvalue weighted by Crippen LogP contribution is -2.49. The SMILES string of the molecule is CN(C)CC(C)(C)CN1CC([N+](=O)[O-])=C2N(Cc3ccc(Cl)nc3)CCN2C1. The van der Waals surface area contributed by atoms with Crippen LogP contribution >= 0.6 is 11.6 Å². The lowest BCUT2D eigenvalue weighted by Gasteiger charge is -2.39. The number of rotatable bonds is 7. The highest BCUT2D eigenvalue weighted by Crippen LogP contribution is 2.30. The first-order valence-electron chi connectivity index (χ1n) is 9.49. The molecule has 3 rings (SSSR count). The van der Waals surface area contributed by atoms with Crippen LogP contribution in [0, 0.1) is 15.5 Å². The Labute approximate surface area is 171 Å². The summed E-state index contributed by atoms with van der Waals surface area (Å²) in [5, 5.41) is 12.3. The summed E-state index contributed by atoms with van der Waals surface area (Å²) in [4.78, 5) is 24.3. The Morgan fingerprint density at radius 1 is 1.32 bits per heavy atom. The molecule has 0 aromatic carbocycles. The maximum absolute atomic E-state index is 11.9. The minimum absolute atomic E-state index is 0.0527. The fourth-order valence-corrected chi connectivity index (χ4v) is 4.47. The number of halogens is 1. The van der Waals surface area contributed by atoms with Gasteiger partial charge in [0.25, 0.3) is 5.70 Å². The van der Waals surface area contributed by atoms with E-state index in [1.165, 1.54) is 0 Å². The van der Waals surface area contributed by atoms with Gasteiger partial charge in [-0.05, 0) is 31.1 Å². The quantitative estimate of drug-likeness (QED) is 0.389. The van der Waals surface area contributed by atoms with Gasteiger partial charge < -0.3 is 14.7 Å². The first-order valence-corrected chi connectivity index (χ1v) is 9.87. The highest BCUT2D eigenvalue weighted by molar-refractivity contribution is 6.29. The summed E-state index contributed by atoms with van der Waals surface area (Å²) in [5.41, 5.74) is 1.33. The van der Waals surface area contributed by atoms with E-state index in [9.17, 15) is 10.1 Å². The van der Waals surface area contributed by atoms with E-state index in [-0.39, 0.29) is 16.0 Å². The Morgan fingerprint density at radius 3 is 2.68 bits per heavy atom. The summed E-state index contributed by atoms with van der Waals surface area (Å²) in [6.07, 6.45) is 1.73. The van der Waals surface area contributed by atoms with Gasteiger partial charge in [-0.25, -0.2) is 4.98 Å². The third kappa shape index (κ3) is 4.92. The van der Waals surface area contributed by atoms with Gasteiger partial charge in [-0.2, -0.15) is 0 Å². The van der Waals surface area contributed by atoms with Crippen molar-refractivity contribution in [3.8, 4) is 0 Å². The highest BCUT2D eigenvalue weighted by atomic mass is 35.5. The fourth-order valence-electron chi connectivity index (χ4n) is 4.36. The Balaban J connectivity index is 1.78. The molecule has 9 heteroatoms. The summed E-state index contributed by atoms with van der Waals surface area (Å²) in [6, 6.07) is 3.67. The molecule has 0 saturated carbocycles. The van der Waals surface area contributed by atoms with Gasteiger partial charge in [0.1, 0.15) is 5.15 Å². The Morgan fingerprint density at radius 2 is 2.07 bits per heavy atom. The van der Waals surface area contributed by atoms with Gasteiger partial charge in [-0.1, -0.05) is 31.5 Å². The summed E-state index contributed by atoms with van der Waals surface area (Å²) in [5.74, 6) is 0.751. The van der Waals surface area contributed by atoms with E-state index in [1.54, 1.807) is 12.3 Å². The number of hydrogen-bond acceptors (Lipinski definition) is 7. The van der Waals surface area contributed by atoms with Gasteiger partial charge in [0.05, 0.1) is 18.1 Å². The van der Waals surface area contributed by atoms with E-state index in [0.717, 1.165) is 44.2 Å². The Hall–Kier alpha value is -1.90. The molecule has 2 aliphatic heterocycles. The molecule has 1 aromatic rings. The normalized spacial score (nSPS) is 18.2. The van der Waals surface area contributed by atoms with Crippen molar-refractivity contribution in [3.05, 3.63) is 50.7 Å². The average Bonchev–Trinajstić information content (AvgIpc) is 2.97. The summed E-state index contributed by atoms with van der Waals surface area (Å²) in [6.45, 7) is 9.41. The van der Waals surface area contributed by atoms with Gasteiger partial charge in [0.2, 0.25) is 0 Å². The van der Waals surface area contributed by atoms with Crippen molar-refractivity contribution in [3.63, 3.8) is 0 Å². The van der Waals surface area contributed by atoms with Crippen molar-refractivity contribution >= 4 is 11.6 Å². The minimum Gasteiger partial charge on any atom is -0.347 e. The van der Waals surface area contributed by atoms with Crippen molar-refractivity contribution in [2.45, 2.75) is 20.4 Å². The molecule has 0 N–H and O–H groups in total. The smallest absolute Gasteiger partial charge is 0.300 e. The fraction of sp³-hybridized carbons (Fsp3) is 0.632. The largest absolute Gasteiger partial charge is 0.347 e. The molecule has 1 fully saturated rings. The molecular weight excluding hydrogens is 380 g/mol. The molecule has 3 heterocycles. The first kappa shape index (κ1) is 20.8. The van der Waals surface area contributed by atoms with Crippen molar-refractivity contribution in [2.24, 2.45) is 5.41 Å². The second-order valence-electron chi connectivity index (χ2n) is 8.73. The molecule has 154 valence electrons. The number of fused-ring (bicyclic) bond motifs is 1. The summed E-state index contributed by atoms with van der Waals surface area (Å²) >= 11 is 5.86. The van der Waals surface area contributed by atoms with E-state index in [4.69, 9.17) is 11.6 Å². The molecule has 0 unspecified atom stereocenters. The van der Waals surface area contributed by atoms with Crippen LogP contribution in [0.1, 0.15) is 19.4 Å². The molecule has 1 aromatic heterocycles. The predicted molar refractivity (Wildman–Crippen MR) is 109 cm³/mol. The van der Waals surface area contributed by atoms with Crippen molar-refractivity contribution in [2.75, 3.05) is 53.5 Å². The van der Waals surface area contributed by atoms with Crippen LogP contribution in [-0.2, 0) is 6.54 Å². The molecule has 2 aliphatic rings. The molecule has 0 radical (unpaired) electrons. The molecule has 0 atom stereocenters. The topological polar surface area (TPSA) is 69.0 Å². The molecule has 1 saturated heterocycles. The van der Waals surface area contributed by atoms with E-state index in [0.29, 0.717) is 18.2 Å². The van der Waals surface area contributed by atoms with Crippen LogP contribution in [0.2, 0.25) is 5.15 Å². The van der Waals surface area contributed by atoms with Crippen LogP contribution in [0.25, 0.3) is 0 Å². The third-order valence-corrected chi connectivity index (χ3v) is 5.24. The zero-order valence-corrected chi connectivity index (χ0v) is 17.8. The molecular formula is C19H29ClN6O2. The Bertz CT molecular complexity index is 749. The van der Waals surface area contributed by atoms with Crippen LogP contribution in [-0.4, -0.2) is 83.0 Å². The van der Waals surface area contributed by atoms with Crippen LogP contribution < -0.4 is 0 Å². The van der Waals surface area contributed by atoms with Crippen LogP contribution in [0.4, 0.5) is 0 Å². The van der Waals surface area contributed by atoms with Crippen molar-refractivity contribution in [1.82, 2.24) is 24.6 Å². The second-order valence-corrected chi connectivity index (χ2v) is 9.12. The molecule has 0 spiro atoms. The number of pyridine rings is 1. The molecule has 0 amide bonds. The average molecular weight is 409 g/mol. The van der Waals surface area contributed by atoms with Gasteiger partial charge in [-0.15, -0.1) is 0 Å². The molecule has 28 heavy (non-hydrogen) atoms. The van der Waals surface area contributed by atoms with E-state index in [1.807, 2.05) is 6.07 Å². The minimum atomic E-state index is -0.216. The number of nitrogens with zero attached hydrogens (tertiary/aromatic N) is 6. The maximum Gasteiger partial charge on any atom is 0.300 e. The van der Waals surface area contributed by atoms with Gasteiger partial charge in [-0.3, -0.25) is 15.0 Å². The van der Waals surface area contributed by atoms with Crippen LogP contribution in [0.15, 0.2) is 29.8 Å². The Kier molecular flexibility index (Phi) is 6.12. The van der Waals surface area contributed by atoms with E-state index in [2.05, 4.69) is 52.5 Å². The van der Waals surface area contributed by atoms with Gasteiger partial charge in [0.15, 0.2) is 5.82 Å². The van der Waals surface area contributed by atoms with Gasteiger partial charge in [0, 0.05) is 38.9 Å². The van der Waals surface area contributed by atoms with Crippen molar-refractivity contribution in [1.29, 1.82) is 0 Å².